The molecule has 0 heterocycles. The fourth-order valence-corrected chi connectivity index (χ4v) is 1.71. The fraction of sp³-hybridized carbons (Fsp3) is 0.333. The predicted octanol–water partition coefficient (Wildman–Crippen LogP) is 4.15. The maximum Gasteiger partial charge on any atom is 0.420 e. The van der Waals surface area contributed by atoms with E-state index in [0.29, 0.717) is 12.1 Å². The van der Waals surface area contributed by atoms with Crippen molar-refractivity contribution in [2.24, 2.45) is 0 Å². The van der Waals surface area contributed by atoms with E-state index in [0.717, 1.165) is 11.8 Å². The van der Waals surface area contributed by atoms with Crippen LogP contribution in [0.3, 0.4) is 0 Å². The van der Waals surface area contributed by atoms with Crippen LogP contribution in [0.15, 0.2) is 17.0 Å². The van der Waals surface area contributed by atoms with E-state index in [2.05, 4.69) is 0 Å². The van der Waals surface area contributed by atoms with Gasteiger partial charge in [0.05, 0.1) is 5.56 Å². The van der Waals surface area contributed by atoms with Crippen molar-refractivity contribution >= 4 is 11.8 Å². The summed E-state index contributed by atoms with van der Waals surface area (Å²) in [7, 11) is 0. The highest BCUT2D eigenvalue weighted by molar-refractivity contribution is 7.98. The van der Waals surface area contributed by atoms with Gasteiger partial charge in [0.2, 0.25) is 0 Å². The molecule has 0 amide bonds. The fourth-order valence-electron chi connectivity index (χ4n) is 1.24. The standard InChI is InChI=1S/C9H6F6OS/c1-17-4-2-5(8(10,11)12)7(6(16)3-4)9(13,14)15/h2-3,16H,1H3. The van der Waals surface area contributed by atoms with Gasteiger partial charge in [-0.25, -0.2) is 0 Å². The van der Waals surface area contributed by atoms with E-state index in [1.165, 1.54) is 6.26 Å². The molecule has 0 bridgehead atoms. The maximum absolute atomic E-state index is 12.5. The van der Waals surface area contributed by atoms with Crippen LogP contribution >= 0.6 is 11.8 Å². The molecule has 0 fully saturated rings. The third-order valence-corrected chi connectivity index (χ3v) is 2.62. The molecular formula is C9H6F6OS. The molecular weight excluding hydrogens is 270 g/mol. The number of phenols is 1. The van der Waals surface area contributed by atoms with Gasteiger partial charge in [0.25, 0.3) is 0 Å². The summed E-state index contributed by atoms with van der Waals surface area (Å²) in [5, 5.41) is 9.07. The summed E-state index contributed by atoms with van der Waals surface area (Å²) in [4.78, 5) is -0.0946. The number of aromatic hydroxyl groups is 1. The molecule has 8 heteroatoms. The number of hydrogen-bond donors (Lipinski definition) is 1. The van der Waals surface area contributed by atoms with Crippen molar-refractivity contribution in [1.29, 1.82) is 0 Å². The Bertz CT molecular complexity index is 423. The molecule has 0 spiro atoms. The molecule has 1 rings (SSSR count). The van der Waals surface area contributed by atoms with Gasteiger partial charge >= 0.3 is 12.4 Å². The van der Waals surface area contributed by atoms with E-state index in [1.807, 2.05) is 0 Å². The summed E-state index contributed by atoms with van der Waals surface area (Å²) in [6, 6.07) is 1.02. The van der Waals surface area contributed by atoms with E-state index in [1.54, 1.807) is 0 Å². The molecule has 0 saturated carbocycles. The van der Waals surface area contributed by atoms with Crippen LogP contribution in [-0.4, -0.2) is 11.4 Å². The normalized spacial score (nSPS) is 12.9. The SMILES string of the molecule is CSc1cc(O)c(C(F)(F)F)c(C(F)(F)F)c1. The first kappa shape index (κ1) is 14.0. The van der Waals surface area contributed by atoms with Crippen LogP contribution < -0.4 is 0 Å². The van der Waals surface area contributed by atoms with Gasteiger partial charge in [-0.2, -0.15) is 26.3 Å². The average molecular weight is 276 g/mol. The van der Waals surface area contributed by atoms with Gasteiger partial charge in [-0.05, 0) is 18.4 Å². The molecule has 1 nitrogen and oxygen atoms in total. The Labute approximate surface area is 96.4 Å². The number of alkyl halides is 6. The van der Waals surface area contributed by atoms with Crippen LogP contribution in [0.4, 0.5) is 26.3 Å². The summed E-state index contributed by atoms with van der Waals surface area (Å²) in [6.45, 7) is 0. The number of halogens is 6. The zero-order chi connectivity index (χ0) is 13.4. The van der Waals surface area contributed by atoms with Crippen LogP contribution in [0.5, 0.6) is 5.75 Å². The summed E-state index contributed by atoms with van der Waals surface area (Å²) in [5.41, 5.74) is -3.93. The van der Waals surface area contributed by atoms with E-state index in [9.17, 15) is 26.3 Å². The molecule has 0 saturated heterocycles. The van der Waals surface area contributed by atoms with Gasteiger partial charge in [-0.15, -0.1) is 11.8 Å². The molecule has 96 valence electrons. The monoisotopic (exact) mass is 276 g/mol. The molecule has 0 radical (unpaired) electrons. The third-order valence-electron chi connectivity index (χ3n) is 1.92. The number of rotatable bonds is 1. The molecule has 0 aliphatic heterocycles. The zero-order valence-corrected chi connectivity index (χ0v) is 9.09. The Morgan fingerprint density at radius 2 is 1.53 bits per heavy atom. The van der Waals surface area contributed by atoms with Gasteiger partial charge in [-0.1, -0.05) is 0 Å². The van der Waals surface area contributed by atoms with Crippen molar-refractivity contribution in [2.45, 2.75) is 17.2 Å². The highest BCUT2D eigenvalue weighted by Gasteiger charge is 2.45. The minimum atomic E-state index is -5.26. The second-order valence-corrected chi connectivity index (χ2v) is 3.94. The smallest absolute Gasteiger partial charge is 0.420 e. The average Bonchev–Trinajstić information content (AvgIpc) is 2.12. The first-order valence-corrected chi connectivity index (χ1v) is 5.35. The Kier molecular flexibility index (Phi) is 3.56. The predicted molar refractivity (Wildman–Crippen MR) is 49.9 cm³/mol. The van der Waals surface area contributed by atoms with Crippen LogP contribution in [-0.2, 0) is 12.4 Å². The minimum Gasteiger partial charge on any atom is -0.507 e. The van der Waals surface area contributed by atoms with Crippen LogP contribution in [0.25, 0.3) is 0 Å². The number of benzene rings is 1. The first-order valence-electron chi connectivity index (χ1n) is 4.12. The molecule has 0 aromatic heterocycles. The highest BCUT2D eigenvalue weighted by Crippen LogP contribution is 2.46. The summed E-state index contributed by atoms with van der Waals surface area (Å²) in [6.07, 6.45) is -9.04. The Hall–Kier alpha value is -1.05. The van der Waals surface area contributed by atoms with Crippen LogP contribution in [0.2, 0.25) is 0 Å². The molecule has 1 aromatic rings. The molecule has 17 heavy (non-hydrogen) atoms. The molecule has 0 aliphatic carbocycles. The van der Waals surface area contributed by atoms with Crippen molar-refractivity contribution in [3.63, 3.8) is 0 Å². The lowest BCUT2D eigenvalue weighted by Gasteiger charge is -2.17. The van der Waals surface area contributed by atoms with Crippen molar-refractivity contribution in [1.82, 2.24) is 0 Å². The van der Waals surface area contributed by atoms with Gasteiger partial charge in [0, 0.05) is 4.90 Å². The lowest BCUT2D eigenvalue weighted by Crippen LogP contribution is -2.16. The molecule has 0 aliphatic rings. The Morgan fingerprint density at radius 3 is 1.88 bits per heavy atom. The topological polar surface area (TPSA) is 20.2 Å². The summed E-state index contributed by atoms with van der Waals surface area (Å²) in [5.74, 6) is -1.42. The molecule has 0 unspecified atom stereocenters. The molecule has 0 atom stereocenters. The van der Waals surface area contributed by atoms with E-state index in [4.69, 9.17) is 5.11 Å². The maximum atomic E-state index is 12.5. The minimum absolute atomic E-state index is 0.0946. The lowest BCUT2D eigenvalue weighted by atomic mass is 10.1. The van der Waals surface area contributed by atoms with Crippen LogP contribution in [0, 0.1) is 0 Å². The van der Waals surface area contributed by atoms with Gasteiger partial charge in [0.1, 0.15) is 11.3 Å². The number of thioether (sulfide) groups is 1. The second kappa shape index (κ2) is 4.32. The van der Waals surface area contributed by atoms with Crippen molar-refractivity contribution in [3.8, 4) is 5.75 Å². The zero-order valence-electron chi connectivity index (χ0n) is 8.28. The van der Waals surface area contributed by atoms with Crippen molar-refractivity contribution in [3.05, 3.63) is 23.3 Å². The number of phenolic OH excluding ortho intramolecular Hbond substituents is 1. The molecule has 1 aromatic carbocycles. The molecule has 1 N–H and O–H groups in total. The highest BCUT2D eigenvalue weighted by atomic mass is 32.2. The van der Waals surface area contributed by atoms with Crippen molar-refractivity contribution < 1.29 is 31.4 Å². The van der Waals surface area contributed by atoms with E-state index in [-0.39, 0.29) is 4.90 Å². The van der Waals surface area contributed by atoms with Crippen molar-refractivity contribution in [2.75, 3.05) is 6.26 Å². The lowest BCUT2D eigenvalue weighted by molar-refractivity contribution is -0.163. The third kappa shape index (κ3) is 2.99. The largest absolute Gasteiger partial charge is 0.507 e. The first-order chi connectivity index (χ1) is 7.57. The Balaban J connectivity index is 3.58. The van der Waals surface area contributed by atoms with Gasteiger partial charge in [0.15, 0.2) is 0 Å². The Morgan fingerprint density at radius 1 is 1.00 bits per heavy atom. The summed E-state index contributed by atoms with van der Waals surface area (Å²) >= 11 is 0.805. The second-order valence-electron chi connectivity index (χ2n) is 3.06. The van der Waals surface area contributed by atoms with Gasteiger partial charge in [-0.3, -0.25) is 0 Å². The van der Waals surface area contributed by atoms with Gasteiger partial charge < -0.3 is 5.11 Å². The van der Waals surface area contributed by atoms with Crippen LogP contribution in [0.1, 0.15) is 11.1 Å². The van der Waals surface area contributed by atoms with E-state index >= 15 is 0 Å². The van der Waals surface area contributed by atoms with E-state index < -0.39 is 29.2 Å². The number of hydrogen-bond acceptors (Lipinski definition) is 2. The summed E-state index contributed by atoms with van der Waals surface area (Å²) < 4.78 is 74.6. The quantitative estimate of drug-likeness (QED) is 0.614.